The van der Waals surface area contributed by atoms with Gasteiger partial charge in [-0.1, -0.05) is 76.3 Å². The van der Waals surface area contributed by atoms with Crippen LogP contribution in [0.15, 0.2) is 71.9 Å². The van der Waals surface area contributed by atoms with Crippen molar-refractivity contribution in [3.05, 3.63) is 72.5 Å². The second kappa shape index (κ2) is 13.8. The molecule has 0 aliphatic heterocycles. The van der Waals surface area contributed by atoms with Crippen molar-refractivity contribution in [2.75, 3.05) is 6.54 Å². The molecule has 1 aromatic carbocycles. The van der Waals surface area contributed by atoms with Crippen molar-refractivity contribution in [2.24, 2.45) is 16.6 Å². The maximum absolute atomic E-state index is 6.41. The minimum Gasteiger partial charge on any atom is -0.398 e. The molecule has 0 saturated heterocycles. The topological polar surface area (TPSA) is 122 Å². The summed E-state index contributed by atoms with van der Waals surface area (Å²) in [6, 6.07) is 7.68. The smallest absolute Gasteiger partial charge is 0.180 e. The van der Waals surface area contributed by atoms with E-state index in [0.717, 1.165) is 66.8 Å². The van der Waals surface area contributed by atoms with Crippen molar-refractivity contribution in [2.45, 2.75) is 52.4 Å². The molecule has 1 heterocycles. The number of tetrazole rings is 1. The number of amidine groups is 1. The average molecular weight is 449 g/mol. The van der Waals surface area contributed by atoms with Gasteiger partial charge in [0.1, 0.15) is 5.84 Å². The molecule has 2 aromatic rings. The van der Waals surface area contributed by atoms with Crippen molar-refractivity contribution < 1.29 is 0 Å². The second-order valence-corrected chi connectivity index (χ2v) is 7.79. The Kier molecular flexibility index (Phi) is 10.8. The van der Waals surface area contributed by atoms with Gasteiger partial charge in [-0.05, 0) is 41.3 Å². The molecule has 0 bridgehead atoms. The van der Waals surface area contributed by atoms with Gasteiger partial charge in [0, 0.05) is 28.9 Å². The number of nitrogens with zero attached hydrogens (tertiary/aromatic N) is 5. The summed E-state index contributed by atoms with van der Waals surface area (Å²) in [6.07, 6.45) is 11.5. The zero-order chi connectivity index (χ0) is 24.1. The molecule has 33 heavy (non-hydrogen) atoms. The lowest BCUT2D eigenvalue weighted by atomic mass is 10.0. The molecule has 176 valence electrons. The number of aromatic amines is 1. The SMILES string of the molecule is C=C/C(=C\C=C(/N)c1ccccc1-c1nnn[nH]1)CN(N)/C(CCCC)=N\C(=C)CCCC. The van der Waals surface area contributed by atoms with Crippen LogP contribution in [-0.2, 0) is 0 Å². The number of unbranched alkanes of at least 4 members (excludes halogenated alkanes) is 2. The van der Waals surface area contributed by atoms with Gasteiger partial charge in [-0.3, -0.25) is 5.01 Å². The summed E-state index contributed by atoms with van der Waals surface area (Å²) in [7, 11) is 0. The largest absolute Gasteiger partial charge is 0.398 e. The molecular weight excluding hydrogens is 412 g/mol. The average Bonchev–Trinajstić information content (AvgIpc) is 3.37. The molecular formula is C25H36N8. The minimum atomic E-state index is 0.463. The lowest BCUT2D eigenvalue weighted by Crippen LogP contribution is -2.38. The fraction of sp³-hybridized carbons (Fsp3) is 0.360. The number of hydrogen-bond donors (Lipinski definition) is 3. The quantitative estimate of drug-likeness (QED) is 0.134. The highest BCUT2D eigenvalue weighted by atomic mass is 15.5. The highest BCUT2D eigenvalue weighted by molar-refractivity contribution is 5.83. The van der Waals surface area contributed by atoms with Gasteiger partial charge in [0.25, 0.3) is 0 Å². The Morgan fingerprint density at radius 2 is 1.88 bits per heavy atom. The third kappa shape index (κ3) is 8.16. The first-order chi connectivity index (χ1) is 16.0. The van der Waals surface area contributed by atoms with Crippen LogP contribution < -0.4 is 11.6 Å². The summed E-state index contributed by atoms with van der Waals surface area (Å²) in [5.74, 6) is 7.81. The van der Waals surface area contributed by atoms with Gasteiger partial charge in [-0.15, -0.1) is 5.10 Å². The Labute approximate surface area is 196 Å². The molecule has 0 spiro atoms. The van der Waals surface area contributed by atoms with Gasteiger partial charge < -0.3 is 5.73 Å². The molecule has 0 unspecified atom stereocenters. The Bertz CT molecular complexity index is 986. The van der Waals surface area contributed by atoms with Crippen LogP contribution in [-0.4, -0.2) is 38.0 Å². The first-order valence-corrected chi connectivity index (χ1v) is 11.4. The fourth-order valence-corrected chi connectivity index (χ4v) is 3.19. The molecule has 2 rings (SSSR count). The first kappa shape index (κ1) is 25.7. The predicted molar refractivity (Wildman–Crippen MR) is 137 cm³/mol. The molecule has 5 N–H and O–H groups in total. The summed E-state index contributed by atoms with van der Waals surface area (Å²) in [6.45, 7) is 12.8. The van der Waals surface area contributed by atoms with E-state index in [4.69, 9.17) is 16.6 Å². The fourth-order valence-electron chi connectivity index (χ4n) is 3.19. The lowest BCUT2D eigenvalue weighted by molar-refractivity contribution is 0.465. The van der Waals surface area contributed by atoms with Gasteiger partial charge in [-0.2, -0.15) is 0 Å². The maximum Gasteiger partial charge on any atom is 0.180 e. The van der Waals surface area contributed by atoms with E-state index in [9.17, 15) is 0 Å². The van der Waals surface area contributed by atoms with Crippen LogP contribution in [0.25, 0.3) is 17.1 Å². The van der Waals surface area contributed by atoms with E-state index in [0.29, 0.717) is 18.1 Å². The van der Waals surface area contributed by atoms with Crippen molar-refractivity contribution in [1.82, 2.24) is 25.6 Å². The highest BCUT2D eigenvalue weighted by Crippen LogP contribution is 2.23. The van der Waals surface area contributed by atoms with Crippen molar-refractivity contribution in [1.29, 1.82) is 0 Å². The van der Waals surface area contributed by atoms with Crippen molar-refractivity contribution in [3.8, 4) is 11.4 Å². The summed E-state index contributed by atoms with van der Waals surface area (Å²) < 4.78 is 0. The van der Waals surface area contributed by atoms with Gasteiger partial charge in [0.15, 0.2) is 5.82 Å². The van der Waals surface area contributed by atoms with Crippen molar-refractivity contribution in [3.63, 3.8) is 0 Å². The molecule has 8 nitrogen and oxygen atoms in total. The molecule has 1 aromatic heterocycles. The summed E-state index contributed by atoms with van der Waals surface area (Å²) >= 11 is 0. The van der Waals surface area contributed by atoms with Crippen LogP contribution in [0, 0.1) is 0 Å². The van der Waals surface area contributed by atoms with Crippen LogP contribution in [0.4, 0.5) is 0 Å². The summed E-state index contributed by atoms with van der Waals surface area (Å²) in [5, 5.41) is 15.7. The summed E-state index contributed by atoms with van der Waals surface area (Å²) in [5.41, 5.74) is 10.4. The van der Waals surface area contributed by atoms with E-state index in [1.165, 1.54) is 0 Å². The van der Waals surface area contributed by atoms with Gasteiger partial charge in [0.2, 0.25) is 0 Å². The second-order valence-electron chi connectivity index (χ2n) is 7.79. The number of aliphatic imine (C=N–C) groups is 1. The minimum absolute atomic E-state index is 0.463. The zero-order valence-electron chi connectivity index (χ0n) is 19.8. The number of nitrogens with one attached hydrogen (secondary N) is 1. The number of nitrogens with two attached hydrogens (primary N) is 2. The Morgan fingerprint density at radius 3 is 2.55 bits per heavy atom. The van der Waals surface area contributed by atoms with E-state index < -0.39 is 0 Å². The van der Waals surface area contributed by atoms with Gasteiger partial charge in [0.05, 0.1) is 6.54 Å². The van der Waals surface area contributed by atoms with Gasteiger partial charge in [-0.25, -0.2) is 15.9 Å². The third-order valence-electron chi connectivity index (χ3n) is 5.12. The Balaban J connectivity index is 2.21. The zero-order valence-corrected chi connectivity index (χ0v) is 19.8. The Morgan fingerprint density at radius 1 is 1.15 bits per heavy atom. The number of H-pyrrole nitrogens is 1. The van der Waals surface area contributed by atoms with E-state index in [1.807, 2.05) is 36.4 Å². The monoisotopic (exact) mass is 448 g/mol. The number of hydrazine groups is 1. The normalized spacial score (nSPS) is 12.6. The third-order valence-corrected chi connectivity index (χ3v) is 5.12. The Hall–Kier alpha value is -3.52. The molecule has 0 fully saturated rings. The highest BCUT2D eigenvalue weighted by Gasteiger charge is 2.11. The molecule has 0 aliphatic rings. The van der Waals surface area contributed by atoms with Crippen LogP contribution in [0.2, 0.25) is 0 Å². The van der Waals surface area contributed by atoms with Crippen LogP contribution >= 0.6 is 0 Å². The molecule has 0 atom stereocenters. The number of benzene rings is 1. The van der Waals surface area contributed by atoms with E-state index in [-0.39, 0.29) is 0 Å². The van der Waals surface area contributed by atoms with E-state index in [2.05, 4.69) is 47.6 Å². The molecule has 0 saturated carbocycles. The maximum atomic E-state index is 6.41. The van der Waals surface area contributed by atoms with E-state index >= 15 is 0 Å². The molecule has 0 amide bonds. The van der Waals surface area contributed by atoms with Crippen LogP contribution in [0.3, 0.4) is 0 Å². The number of rotatable bonds is 13. The predicted octanol–water partition coefficient (Wildman–Crippen LogP) is 4.75. The summed E-state index contributed by atoms with van der Waals surface area (Å²) in [4.78, 5) is 4.72. The van der Waals surface area contributed by atoms with Crippen LogP contribution in [0.1, 0.15) is 57.9 Å². The number of aromatic nitrogens is 4. The first-order valence-electron chi connectivity index (χ1n) is 11.4. The lowest BCUT2D eigenvalue weighted by Gasteiger charge is -2.22. The molecule has 8 heteroatoms. The molecule has 0 radical (unpaired) electrons. The number of hydrogen-bond acceptors (Lipinski definition) is 6. The molecule has 0 aliphatic carbocycles. The standard InChI is InChI=1S/C25H36N8/c1-5-8-12-19(4)28-24(15-9-6-2)33(27)18-20(7-3)16-17-23(26)21-13-10-11-14-22(21)25-29-31-32-30-25/h7,10-11,13-14,16-17H,3-6,8-9,12,15,18,26-27H2,1-2H3,(H,29,30,31,32)/b20-16+,23-17-,28-24-. The van der Waals surface area contributed by atoms with Crippen molar-refractivity contribution >= 4 is 11.5 Å². The van der Waals surface area contributed by atoms with Crippen LogP contribution in [0.5, 0.6) is 0 Å². The van der Waals surface area contributed by atoms with Gasteiger partial charge >= 0.3 is 0 Å². The van der Waals surface area contributed by atoms with E-state index in [1.54, 1.807) is 11.1 Å². The number of allylic oxidation sites excluding steroid dienone is 3.